The minimum atomic E-state index is -0.0256. The van der Waals surface area contributed by atoms with Crippen molar-refractivity contribution >= 4 is 11.6 Å². The molecule has 1 aliphatic rings. The average molecular weight is 354 g/mol. The molecular weight excluding hydrogens is 328 g/mol. The highest BCUT2D eigenvalue weighted by molar-refractivity contribution is 5.73. The molecular formula is C21H26N2O3. The number of nitrogens with zero attached hydrogens (tertiary/aromatic N) is 1. The number of carbonyl (C=O) groups excluding carboxylic acids is 1. The molecule has 1 amide bonds. The summed E-state index contributed by atoms with van der Waals surface area (Å²) in [5, 5.41) is 2.89. The van der Waals surface area contributed by atoms with Crippen molar-refractivity contribution in [1.82, 2.24) is 5.32 Å². The SMILES string of the molecule is COc1ccc(N2CC[C@@H](Oc3ccc([C@H](C)NC(C)=O)cc3)C2)cc1. The minimum Gasteiger partial charge on any atom is -0.497 e. The van der Waals surface area contributed by atoms with Gasteiger partial charge in [-0.1, -0.05) is 12.1 Å². The van der Waals surface area contributed by atoms with Gasteiger partial charge in [-0.2, -0.15) is 0 Å². The van der Waals surface area contributed by atoms with E-state index in [4.69, 9.17) is 9.47 Å². The van der Waals surface area contributed by atoms with E-state index in [1.54, 1.807) is 7.11 Å². The van der Waals surface area contributed by atoms with Gasteiger partial charge in [0.2, 0.25) is 5.91 Å². The molecule has 5 heteroatoms. The molecule has 138 valence electrons. The van der Waals surface area contributed by atoms with E-state index in [0.29, 0.717) is 0 Å². The number of hydrogen-bond donors (Lipinski definition) is 1. The second kappa shape index (κ2) is 8.13. The highest BCUT2D eigenvalue weighted by Gasteiger charge is 2.24. The predicted octanol–water partition coefficient (Wildman–Crippen LogP) is 3.55. The van der Waals surface area contributed by atoms with Gasteiger partial charge in [-0.3, -0.25) is 4.79 Å². The zero-order valence-electron chi connectivity index (χ0n) is 15.6. The van der Waals surface area contributed by atoms with E-state index in [9.17, 15) is 4.79 Å². The summed E-state index contributed by atoms with van der Waals surface area (Å²) in [6, 6.07) is 16.1. The Kier molecular flexibility index (Phi) is 5.66. The third kappa shape index (κ3) is 4.48. The third-order valence-corrected chi connectivity index (χ3v) is 4.69. The Morgan fingerprint density at radius 2 is 1.77 bits per heavy atom. The number of hydrogen-bond acceptors (Lipinski definition) is 4. The van der Waals surface area contributed by atoms with Gasteiger partial charge < -0.3 is 19.7 Å². The Labute approximate surface area is 154 Å². The number of anilines is 1. The van der Waals surface area contributed by atoms with Crippen molar-refractivity contribution < 1.29 is 14.3 Å². The van der Waals surface area contributed by atoms with E-state index in [1.165, 1.54) is 12.6 Å². The fourth-order valence-corrected chi connectivity index (χ4v) is 3.27. The number of ether oxygens (including phenoxy) is 2. The molecule has 3 rings (SSSR count). The minimum absolute atomic E-state index is 0.00130. The van der Waals surface area contributed by atoms with Crippen LogP contribution in [0.4, 0.5) is 5.69 Å². The van der Waals surface area contributed by atoms with Gasteiger partial charge in [0.05, 0.1) is 19.7 Å². The second-order valence-electron chi connectivity index (χ2n) is 6.66. The van der Waals surface area contributed by atoms with Crippen molar-refractivity contribution in [3.63, 3.8) is 0 Å². The summed E-state index contributed by atoms with van der Waals surface area (Å²) in [7, 11) is 1.68. The van der Waals surface area contributed by atoms with Gasteiger partial charge >= 0.3 is 0 Å². The lowest BCUT2D eigenvalue weighted by Gasteiger charge is -2.19. The van der Waals surface area contributed by atoms with Crippen LogP contribution >= 0.6 is 0 Å². The molecule has 1 fully saturated rings. The van der Waals surface area contributed by atoms with Crippen LogP contribution in [0.25, 0.3) is 0 Å². The van der Waals surface area contributed by atoms with Gasteiger partial charge in [0.25, 0.3) is 0 Å². The van der Waals surface area contributed by atoms with E-state index in [2.05, 4.69) is 22.3 Å². The molecule has 26 heavy (non-hydrogen) atoms. The van der Waals surface area contributed by atoms with Crippen LogP contribution in [0.2, 0.25) is 0 Å². The van der Waals surface area contributed by atoms with Gasteiger partial charge in [-0.05, 0) is 48.9 Å². The highest BCUT2D eigenvalue weighted by atomic mass is 16.5. The summed E-state index contributed by atoms with van der Waals surface area (Å²) >= 11 is 0. The van der Waals surface area contributed by atoms with Crippen molar-refractivity contribution in [1.29, 1.82) is 0 Å². The largest absolute Gasteiger partial charge is 0.497 e. The molecule has 0 spiro atoms. The molecule has 5 nitrogen and oxygen atoms in total. The topological polar surface area (TPSA) is 50.8 Å². The van der Waals surface area contributed by atoms with Crippen molar-refractivity contribution in [2.24, 2.45) is 0 Å². The zero-order chi connectivity index (χ0) is 18.5. The van der Waals surface area contributed by atoms with Crippen molar-refractivity contribution in [3.05, 3.63) is 54.1 Å². The second-order valence-corrected chi connectivity index (χ2v) is 6.66. The van der Waals surface area contributed by atoms with Crippen molar-refractivity contribution in [3.8, 4) is 11.5 Å². The van der Waals surface area contributed by atoms with Gasteiger partial charge in [0, 0.05) is 25.6 Å². The molecule has 2 atom stereocenters. The van der Waals surface area contributed by atoms with Crippen LogP contribution < -0.4 is 19.7 Å². The first-order chi connectivity index (χ1) is 12.5. The van der Waals surface area contributed by atoms with E-state index < -0.39 is 0 Å². The normalized spacial score (nSPS) is 17.7. The average Bonchev–Trinajstić information content (AvgIpc) is 3.10. The van der Waals surface area contributed by atoms with Crippen molar-refractivity contribution in [2.45, 2.75) is 32.4 Å². The Morgan fingerprint density at radius 3 is 2.38 bits per heavy atom. The predicted molar refractivity (Wildman–Crippen MR) is 103 cm³/mol. The van der Waals surface area contributed by atoms with Crippen LogP contribution in [0.15, 0.2) is 48.5 Å². The Bertz CT molecular complexity index is 728. The third-order valence-electron chi connectivity index (χ3n) is 4.69. The molecule has 0 saturated carbocycles. The standard InChI is InChI=1S/C21H26N2O3/c1-15(22-16(2)24)17-4-8-20(9-5-17)26-21-12-13-23(14-21)18-6-10-19(25-3)11-7-18/h4-11,15,21H,12-14H2,1-3H3,(H,22,24)/t15-,21+/m0/s1. The molecule has 0 aliphatic carbocycles. The lowest BCUT2D eigenvalue weighted by Crippen LogP contribution is -2.24. The summed E-state index contributed by atoms with van der Waals surface area (Å²) in [4.78, 5) is 13.5. The maximum Gasteiger partial charge on any atom is 0.217 e. The number of methoxy groups -OCH3 is 1. The number of rotatable bonds is 6. The fourth-order valence-electron chi connectivity index (χ4n) is 3.27. The van der Waals surface area contributed by atoms with Crippen molar-refractivity contribution in [2.75, 3.05) is 25.1 Å². The van der Waals surface area contributed by atoms with E-state index in [0.717, 1.165) is 36.6 Å². The van der Waals surface area contributed by atoms with Crippen LogP contribution in [-0.4, -0.2) is 32.2 Å². The van der Waals surface area contributed by atoms with E-state index in [-0.39, 0.29) is 18.1 Å². The molecule has 1 aliphatic heterocycles. The Balaban J connectivity index is 1.55. The number of benzene rings is 2. The number of nitrogens with one attached hydrogen (secondary N) is 1. The molecule has 0 unspecified atom stereocenters. The fraction of sp³-hybridized carbons (Fsp3) is 0.381. The number of carbonyl (C=O) groups is 1. The van der Waals surface area contributed by atoms with Crippen LogP contribution in [-0.2, 0) is 4.79 Å². The lowest BCUT2D eigenvalue weighted by molar-refractivity contribution is -0.119. The van der Waals surface area contributed by atoms with Crippen LogP contribution in [0.5, 0.6) is 11.5 Å². The molecule has 2 aromatic carbocycles. The maximum absolute atomic E-state index is 11.2. The monoisotopic (exact) mass is 354 g/mol. The van der Waals surface area contributed by atoms with Gasteiger partial charge in [0.15, 0.2) is 0 Å². The summed E-state index contributed by atoms with van der Waals surface area (Å²) in [5.74, 6) is 1.71. The van der Waals surface area contributed by atoms with Crippen LogP contribution in [0.1, 0.15) is 31.9 Å². The highest BCUT2D eigenvalue weighted by Crippen LogP contribution is 2.26. The molecule has 2 aromatic rings. The smallest absolute Gasteiger partial charge is 0.217 e. The van der Waals surface area contributed by atoms with E-state index >= 15 is 0 Å². The summed E-state index contributed by atoms with van der Waals surface area (Å²) in [6.07, 6.45) is 1.17. The first kappa shape index (κ1) is 18.1. The molecule has 1 saturated heterocycles. The van der Waals surface area contributed by atoms with E-state index in [1.807, 2.05) is 43.3 Å². The quantitative estimate of drug-likeness (QED) is 0.862. The molecule has 1 heterocycles. The van der Waals surface area contributed by atoms with Gasteiger partial charge in [-0.15, -0.1) is 0 Å². The first-order valence-corrected chi connectivity index (χ1v) is 8.98. The van der Waals surface area contributed by atoms with Gasteiger partial charge in [-0.25, -0.2) is 0 Å². The molecule has 0 aromatic heterocycles. The number of amides is 1. The summed E-state index contributed by atoms with van der Waals surface area (Å²) in [6.45, 7) is 5.36. The molecule has 1 N–H and O–H groups in total. The summed E-state index contributed by atoms with van der Waals surface area (Å²) in [5.41, 5.74) is 2.26. The maximum atomic E-state index is 11.2. The molecule has 0 radical (unpaired) electrons. The Morgan fingerprint density at radius 1 is 1.12 bits per heavy atom. The van der Waals surface area contributed by atoms with Crippen LogP contribution in [0.3, 0.4) is 0 Å². The van der Waals surface area contributed by atoms with Crippen LogP contribution in [0, 0.1) is 0 Å². The molecule has 0 bridgehead atoms. The Hall–Kier alpha value is -2.69. The summed E-state index contributed by atoms with van der Waals surface area (Å²) < 4.78 is 11.3. The zero-order valence-corrected chi connectivity index (χ0v) is 15.6. The lowest BCUT2D eigenvalue weighted by atomic mass is 10.1. The first-order valence-electron chi connectivity index (χ1n) is 8.98. The van der Waals surface area contributed by atoms with Gasteiger partial charge in [0.1, 0.15) is 17.6 Å².